The molecule has 2 aromatic carbocycles. The second-order valence-electron chi connectivity index (χ2n) is 11.4. The Bertz CT molecular complexity index is 1280. The molecule has 1 aliphatic rings. The molecule has 1 saturated carbocycles. The molecule has 4 rings (SSSR count). The summed E-state index contributed by atoms with van der Waals surface area (Å²) < 4.78 is 11.7. The fourth-order valence-corrected chi connectivity index (χ4v) is 5.03. The zero-order valence-electron chi connectivity index (χ0n) is 25.2. The number of carboxylic acid groups (broad SMARTS) is 1. The van der Waals surface area contributed by atoms with Crippen molar-refractivity contribution in [3.8, 4) is 5.75 Å². The topological polar surface area (TPSA) is 80.7 Å². The predicted molar refractivity (Wildman–Crippen MR) is 171 cm³/mol. The summed E-state index contributed by atoms with van der Waals surface area (Å²) in [6.45, 7) is 6.59. The van der Waals surface area contributed by atoms with E-state index in [-0.39, 0.29) is 0 Å². The van der Waals surface area contributed by atoms with Gasteiger partial charge in [-0.05, 0) is 111 Å². The van der Waals surface area contributed by atoms with Crippen LogP contribution in [0, 0.1) is 11.3 Å². The van der Waals surface area contributed by atoms with E-state index in [4.69, 9.17) is 14.5 Å². The lowest BCUT2D eigenvalue weighted by atomic mass is 9.79. The largest absolute Gasteiger partial charge is 0.493 e. The van der Waals surface area contributed by atoms with Crippen molar-refractivity contribution in [2.24, 2.45) is 11.3 Å². The minimum atomic E-state index is -0.710. The number of benzene rings is 2. The van der Waals surface area contributed by atoms with Gasteiger partial charge in [0.1, 0.15) is 5.75 Å². The van der Waals surface area contributed by atoms with Crippen LogP contribution in [0.3, 0.4) is 0 Å². The first-order chi connectivity index (χ1) is 20.5. The molecule has 2 N–H and O–H groups in total. The quantitative estimate of drug-likeness (QED) is 0.141. The average Bonchev–Trinajstić information content (AvgIpc) is 3.85. The average molecular weight is 571 g/mol. The molecule has 1 fully saturated rings. The van der Waals surface area contributed by atoms with Gasteiger partial charge < -0.3 is 19.9 Å². The third-order valence-corrected chi connectivity index (χ3v) is 8.26. The Labute approximate surface area is 251 Å². The van der Waals surface area contributed by atoms with Crippen molar-refractivity contribution in [2.45, 2.75) is 71.8 Å². The normalized spacial score (nSPS) is 13.4. The van der Waals surface area contributed by atoms with Crippen molar-refractivity contribution in [3.05, 3.63) is 89.2 Å². The molecule has 0 aliphatic heterocycles. The molecular weight excluding hydrogens is 524 g/mol. The summed E-state index contributed by atoms with van der Waals surface area (Å²) in [6, 6.07) is 22.6. The highest BCUT2D eigenvalue weighted by atomic mass is 16.5. The van der Waals surface area contributed by atoms with E-state index in [0.29, 0.717) is 39.0 Å². The third kappa shape index (κ3) is 10.0. The van der Waals surface area contributed by atoms with Gasteiger partial charge in [-0.15, -0.1) is 0 Å². The highest BCUT2D eigenvalue weighted by molar-refractivity contribution is 5.74. The molecule has 1 aliphatic carbocycles. The van der Waals surface area contributed by atoms with Gasteiger partial charge in [-0.1, -0.05) is 50.3 Å². The van der Waals surface area contributed by atoms with Gasteiger partial charge in [-0.2, -0.15) is 0 Å². The molecule has 0 spiro atoms. The first-order valence-electron chi connectivity index (χ1n) is 15.5. The molecule has 3 aromatic rings. The standard InChI is InChI=1S/C36H46N2O4/c1-3-36(4-2,35(39)40)22-23-37-32-12-7-10-29(25-32)16-19-31-11-8-13-33(38-31)27-41-24-6-5-9-28-17-20-34(21-18-28)42-26-30-14-15-30/h7-8,10-13,16-21,25,30,37H,3-6,9,14-15,22-24,26-27H2,1-2H3,(H,39,40). The van der Waals surface area contributed by atoms with Crippen LogP contribution in [0.15, 0.2) is 66.7 Å². The van der Waals surface area contributed by atoms with E-state index in [0.717, 1.165) is 60.2 Å². The molecule has 6 nitrogen and oxygen atoms in total. The Morgan fingerprint density at radius 2 is 1.81 bits per heavy atom. The number of unbranched alkanes of at least 4 members (excludes halogenated alkanes) is 1. The molecular formula is C36H46N2O4. The molecule has 0 bridgehead atoms. The van der Waals surface area contributed by atoms with Crippen molar-refractivity contribution < 1.29 is 19.4 Å². The Morgan fingerprint density at radius 1 is 1.02 bits per heavy atom. The van der Waals surface area contributed by atoms with E-state index in [1.165, 1.54) is 18.4 Å². The van der Waals surface area contributed by atoms with E-state index < -0.39 is 11.4 Å². The van der Waals surface area contributed by atoms with Crippen LogP contribution in [0.2, 0.25) is 0 Å². The molecule has 0 radical (unpaired) electrons. The smallest absolute Gasteiger partial charge is 0.309 e. The van der Waals surface area contributed by atoms with Crippen LogP contribution in [0.25, 0.3) is 12.2 Å². The molecule has 0 amide bonds. The summed E-state index contributed by atoms with van der Waals surface area (Å²) in [7, 11) is 0. The van der Waals surface area contributed by atoms with Gasteiger partial charge in [-0.25, -0.2) is 0 Å². The SMILES string of the molecule is CCC(CC)(CCNc1cccc(C=Cc2cccc(COCCCCc3ccc(OCC4CC4)cc3)n2)c1)C(=O)O. The lowest BCUT2D eigenvalue weighted by Gasteiger charge is -2.26. The molecule has 42 heavy (non-hydrogen) atoms. The van der Waals surface area contributed by atoms with Gasteiger partial charge in [0.05, 0.1) is 30.0 Å². The molecule has 0 saturated heterocycles. The number of aliphatic carboxylic acids is 1. The minimum Gasteiger partial charge on any atom is -0.493 e. The minimum absolute atomic E-state index is 0.501. The Morgan fingerprint density at radius 3 is 2.55 bits per heavy atom. The van der Waals surface area contributed by atoms with Gasteiger partial charge in [-0.3, -0.25) is 9.78 Å². The summed E-state index contributed by atoms with van der Waals surface area (Å²) in [5.41, 5.74) is 4.51. The number of nitrogens with one attached hydrogen (secondary N) is 1. The number of rotatable bonds is 19. The molecule has 0 unspecified atom stereocenters. The highest BCUT2D eigenvalue weighted by Crippen LogP contribution is 2.31. The number of anilines is 1. The fourth-order valence-electron chi connectivity index (χ4n) is 5.03. The zero-order chi connectivity index (χ0) is 29.6. The van der Waals surface area contributed by atoms with Crippen LogP contribution in [0.1, 0.15) is 81.3 Å². The monoisotopic (exact) mass is 570 g/mol. The van der Waals surface area contributed by atoms with Crippen LogP contribution < -0.4 is 10.1 Å². The molecule has 1 heterocycles. The summed E-state index contributed by atoms with van der Waals surface area (Å²) in [4.78, 5) is 16.5. The van der Waals surface area contributed by atoms with Gasteiger partial charge in [0.15, 0.2) is 0 Å². The number of carbonyl (C=O) groups is 1. The number of aromatic nitrogens is 1. The number of pyridine rings is 1. The maximum atomic E-state index is 11.8. The lowest BCUT2D eigenvalue weighted by Crippen LogP contribution is -2.31. The van der Waals surface area contributed by atoms with Gasteiger partial charge in [0.25, 0.3) is 0 Å². The summed E-state index contributed by atoms with van der Waals surface area (Å²) >= 11 is 0. The zero-order valence-corrected chi connectivity index (χ0v) is 25.2. The van der Waals surface area contributed by atoms with Crippen molar-refractivity contribution in [1.29, 1.82) is 0 Å². The van der Waals surface area contributed by atoms with Crippen molar-refractivity contribution in [3.63, 3.8) is 0 Å². The second-order valence-corrected chi connectivity index (χ2v) is 11.4. The molecule has 1 aromatic heterocycles. The van der Waals surface area contributed by atoms with E-state index >= 15 is 0 Å². The number of hydrogen-bond acceptors (Lipinski definition) is 5. The third-order valence-electron chi connectivity index (χ3n) is 8.26. The molecule has 224 valence electrons. The summed E-state index contributed by atoms with van der Waals surface area (Å²) in [5, 5.41) is 13.1. The fraction of sp³-hybridized carbons (Fsp3) is 0.444. The van der Waals surface area contributed by atoms with Crippen LogP contribution >= 0.6 is 0 Å². The molecule has 0 atom stereocenters. The Hall–Kier alpha value is -3.64. The summed E-state index contributed by atoms with van der Waals surface area (Å²) in [5.74, 6) is 1.04. The van der Waals surface area contributed by atoms with E-state index in [2.05, 4.69) is 35.6 Å². The van der Waals surface area contributed by atoms with Crippen LogP contribution in [0.4, 0.5) is 5.69 Å². The Balaban J connectivity index is 1.16. The number of aryl methyl sites for hydroxylation is 1. The molecule has 6 heteroatoms. The van der Waals surface area contributed by atoms with Crippen molar-refractivity contribution in [2.75, 3.05) is 25.1 Å². The van der Waals surface area contributed by atoms with Gasteiger partial charge >= 0.3 is 5.97 Å². The Kier molecular flexibility index (Phi) is 12.0. The van der Waals surface area contributed by atoms with Crippen molar-refractivity contribution in [1.82, 2.24) is 4.98 Å². The van der Waals surface area contributed by atoms with E-state index in [9.17, 15) is 9.90 Å². The second kappa shape index (κ2) is 16.1. The first kappa shape index (κ1) is 31.3. The van der Waals surface area contributed by atoms with Crippen LogP contribution in [-0.4, -0.2) is 35.8 Å². The van der Waals surface area contributed by atoms with Gasteiger partial charge in [0.2, 0.25) is 0 Å². The van der Waals surface area contributed by atoms with E-state index in [1.807, 2.05) is 62.4 Å². The number of carboxylic acids is 1. The van der Waals surface area contributed by atoms with Gasteiger partial charge in [0, 0.05) is 18.8 Å². The predicted octanol–water partition coefficient (Wildman–Crippen LogP) is 8.27. The number of ether oxygens (including phenoxy) is 2. The maximum Gasteiger partial charge on any atom is 0.309 e. The first-order valence-corrected chi connectivity index (χ1v) is 15.5. The number of nitrogens with zero attached hydrogens (tertiary/aromatic N) is 1. The maximum absolute atomic E-state index is 11.8. The van der Waals surface area contributed by atoms with Crippen LogP contribution in [0.5, 0.6) is 5.75 Å². The van der Waals surface area contributed by atoms with Crippen LogP contribution in [-0.2, 0) is 22.6 Å². The number of hydrogen-bond donors (Lipinski definition) is 2. The lowest BCUT2D eigenvalue weighted by molar-refractivity contribution is -0.149. The van der Waals surface area contributed by atoms with Crippen molar-refractivity contribution >= 4 is 23.8 Å². The summed E-state index contributed by atoms with van der Waals surface area (Å²) in [6.07, 6.45) is 11.7. The van der Waals surface area contributed by atoms with E-state index in [1.54, 1.807) is 0 Å². The highest BCUT2D eigenvalue weighted by Gasteiger charge is 2.34.